The van der Waals surface area contributed by atoms with E-state index >= 15 is 0 Å². The van der Waals surface area contributed by atoms with Gasteiger partial charge in [0.2, 0.25) is 0 Å². The minimum absolute atomic E-state index is 0.0819. The second kappa shape index (κ2) is 6.23. The third-order valence-corrected chi connectivity index (χ3v) is 4.51. The minimum Gasteiger partial charge on any atom is -0.469 e. The lowest BCUT2D eigenvalue weighted by atomic mass is 10.2. The van der Waals surface area contributed by atoms with E-state index in [1.165, 1.54) is 7.11 Å². The Bertz CT molecular complexity index is 236. The summed E-state index contributed by atoms with van der Waals surface area (Å²) in [5.41, 5.74) is 0. The topological polar surface area (TPSA) is 52.6 Å². The number of carbonyl (C=O) groups is 1. The Morgan fingerprint density at radius 2 is 2.40 bits per heavy atom. The largest absolute Gasteiger partial charge is 0.469 e. The fraction of sp³-hybridized carbons (Fsp3) is 0.900. The minimum atomic E-state index is -0.999. The van der Waals surface area contributed by atoms with Crippen LogP contribution in [0.5, 0.6) is 0 Å². The first-order valence-corrected chi connectivity index (χ1v) is 6.46. The van der Waals surface area contributed by atoms with Gasteiger partial charge in [0.1, 0.15) is 0 Å². The summed E-state index contributed by atoms with van der Waals surface area (Å²) in [6, 6.07) is 0. The lowest BCUT2D eigenvalue weighted by molar-refractivity contribution is -0.140. The third-order valence-electron chi connectivity index (χ3n) is 2.53. The molecule has 0 bridgehead atoms. The first-order chi connectivity index (χ1) is 7.15. The molecule has 15 heavy (non-hydrogen) atoms. The van der Waals surface area contributed by atoms with Gasteiger partial charge < -0.3 is 9.47 Å². The predicted molar refractivity (Wildman–Crippen MR) is 58.1 cm³/mol. The highest BCUT2D eigenvalue weighted by molar-refractivity contribution is 7.86. The van der Waals surface area contributed by atoms with Gasteiger partial charge in [-0.15, -0.1) is 0 Å². The van der Waals surface area contributed by atoms with Crippen LogP contribution in [0.15, 0.2) is 0 Å². The van der Waals surface area contributed by atoms with Crippen LogP contribution >= 0.6 is 0 Å². The lowest BCUT2D eigenvalue weighted by Crippen LogP contribution is -2.33. The quantitative estimate of drug-likeness (QED) is 0.677. The number of hydrogen-bond donors (Lipinski definition) is 0. The van der Waals surface area contributed by atoms with Crippen LogP contribution in [0.4, 0.5) is 0 Å². The van der Waals surface area contributed by atoms with Gasteiger partial charge in [-0.25, -0.2) is 0 Å². The van der Waals surface area contributed by atoms with E-state index < -0.39 is 10.8 Å². The number of carbonyl (C=O) groups excluding carboxylic acids is 1. The van der Waals surface area contributed by atoms with E-state index in [2.05, 4.69) is 4.74 Å². The Morgan fingerprint density at radius 1 is 1.67 bits per heavy atom. The number of rotatable bonds is 4. The van der Waals surface area contributed by atoms with Crippen molar-refractivity contribution in [2.24, 2.45) is 0 Å². The lowest BCUT2D eigenvalue weighted by Gasteiger charge is -2.24. The molecule has 0 aliphatic carbocycles. The molecule has 0 spiro atoms. The van der Waals surface area contributed by atoms with Crippen LogP contribution in [0.25, 0.3) is 0 Å². The van der Waals surface area contributed by atoms with Gasteiger partial charge in [0.15, 0.2) is 0 Å². The molecule has 0 amide bonds. The molecule has 0 saturated carbocycles. The molecule has 1 aliphatic heterocycles. The van der Waals surface area contributed by atoms with E-state index in [1.54, 1.807) is 0 Å². The van der Waals surface area contributed by atoms with Crippen molar-refractivity contribution in [3.05, 3.63) is 0 Å². The van der Waals surface area contributed by atoms with Gasteiger partial charge in [-0.3, -0.25) is 9.00 Å². The molecule has 0 aromatic carbocycles. The van der Waals surface area contributed by atoms with Crippen LogP contribution in [0.2, 0.25) is 0 Å². The van der Waals surface area contributed by atoms with Crippen LogP contribution in [0.3, 0.4) is 0 Å². The van der Waals surface area contributed by atoms with E-state index in [9.17, 15) is 9.00 Å². The van der Waals surface area contributed by atoms with Gasteiger partial charge in [0, 0.05) is 22.7 Å². The zero-order chi connectivity index (χ0) is 11.3. The molecule has 4 nitrogen and oxygen atoms in total. The molecule has 1 aliphatic rings. The predicted octanol–water partition coefficient (Wildman–Crippen LogP) is 0.866. The Balaban J connectivity index is 2.40. The molecule has 1 saturated heterocycles. The maximum absolute atomic E-state index is 12.0. The molecule has 0 radical (unpaired) electrons. The van der Waals surface area contributed by atoms with E-state index in [0.717, 1.165) is 19.4 Å². The number of hydrogen-bond acceptors (Lipinski definition) is 4. The van der Waals surface area contributed by atoms with Gasteiger partial charge in [-0.05, 0) is 12.8 Å². The van der Waals surface area contributed by atoms with Crippen LogP contribution in [-0.2, 0) is 25.1 Å². The molecule has 1 rings (SSSR count). The van der Waals surface area contributed by atoms with Gasteiger partial charge in [0.25, 0.3) is 0 Å². The zero-order valence-electron chi connectivity index (χ0n) is 9.23. The van der Waals surface area contributed by atoms with Crippen molar-refractivity contribution in [2.75, 3.05) is 20.3 Å². The van der Waals surface area contributed by atoms with Crippen LogP contribution in [0, 0.1) is 0 Å². The van der Waals surface area contributed by atoms with Crippen molar-refractivity contribution >= 4 is 16.8 Å². The fourth-order valence-corrected chi connectivity index (χ4v) is 3.21. The molecule has 3 unspecified atom stereocenters. The van der Waals surface area contributed by atoms with Gasteiger partial charge in [0.05, 0.1) is 25.4 Å². The van der Waals surface area contributed by atoms with Crippen molar-refractivity contribution in [3.8, 4) is 0 Å². The summed E-state index contributed by atoms with van der Waals surface area (Å²) in [7, 11) is 0.350. The van der Waals surface area contributed by atoms with Crippen molar-refractivity contribution in [3.63, 3.8) is 0 Å². The first-order valence-electron chi connectivity index (χ1n) is 5.19. The smallest absolute Gasteiger partial charge is 0.306 e. The molecule has 3 atom stereocenters. The molecule has 1 fully saturated rings. The van der Waals surface area contributed by atoms with Crippen LogP contribution in [0.1, 0.15) is 26.2 Å². The molecular weight excluding hydrogens is 216 g/mol. The molecule has 88 valence electrons. The summed E-state index contributed by atoms with van der Waals surface area (Å²) in [4.78, 5) is 11.0. The van der Waals surface area contributed by atoms with Gasteiger partial charge in [-0.1, -0.05) is 6.92 Å². The highest BCUT2D eigenvalue weighted by Gasteiger charge is 2.26. The summed E-state index contributed by atoms with van der Waals surface area (Å²) in [5.74, 6) is -0.299. The second-order valence-corrected chi connectivity index (χ2v) is 5.89. The molecule has 0 aromatic heterocycles. The Kier molecular flexibility index (Phi) is 5.25. The molecule has 0 N–H and O–H groups in total. The highest BCUT2D eigenvalue weighted by Crippen LogP contribution is 2.17. The van der Waals surface area contributed by atoms with E-state index in [4.69, 9.17) is 4.74 Å². The SMILES string of the molecule is COC(=O)CC(C)S(=O)C1CCCOC1. The van der Waals surface area contributed by atoms with Crippen molar-refractivity contribution in [1.82, 2.24) is 0 Å². The van der Waals surface area contributed by atoms with Gasteiger partial charge in [-0.2, -0.15) is 0 Å². The average molecular weight is 234 g/mol. The molecule has 1 heterocycles. The fourth-order valence-electron chi connectivity index (χ4n) is 1.62. The van der Waals surface area contributed by atoms with Crippen LogP contribution in [-0.4, -0.2) is 41.0 Å². The summed E-state index contributed by atoms with van der Waals surface area (Å²) in [5, 5.41) is -0.0671. The standard InChI is InChI=1S/C10H18O4S/c1-8(6-10(11)13-2)15(12)9-4-3-5-14-7-9/h8-9H,3-7H2,1-2H3. The molecular formula is C10H18O4S. The Labute approximate surface area is 92.8 Å². The second-order valence-electron chi connectivity index (χ2n) is 3.76. The number of esters is 1. The van der Waals surface area contributed by atoms with Gasteiger partial charge >= 0.3 is 5.97 Å². The van der Waals surface area contributed by atoms with E-state index in [1.807, 2.05) is 6.92 Å². The summed E-state index contributed by atoms with van der Waals surface area (Å²) in [6.45, 7) is 3.14. The maximum Gasteiger partial charge on any atom is 0.306 e. The number of ether oxygens (including phenoxy) is 2. The molecule has 5 heteroatoms. The van der Waals surface area contributed by atoms with Crippen molar-refractivity contribution < 1.29 is 18.5 Å². The third kappa shape index (κ3) is 3.91. The summed E-state index contributed by atoms with van der Waals surface area (Å²) >= 11 is 0. The highest BCUT2D eigenvalue weighted by atomic mass is 32.2. The van der Waals surface area contributed by atoms with E-state index in [0.29, 0.717) is 6.61 Å². The van der Waals surface area contributed by atoms with Crippen LogP contribution < -0.4 is 0 Å². The normalized spacial score (nSPS) is 25.6. The van der Waals surface area contributed by atoms with Crippen molar-refractivity contribution in [2.45, 2.75) is 36.7 Å². The Hall–Kier alpha value is -0.420. The molecule has 0 aromatic rings. The first kappa shape index (κ1) is 12.6. The monoisotopic (exact) mass is 234 g/mol. The zero-order valence-corrected chi connectivity index (χ0v) is 10.0. The Morgan fingerprint density at radius 3 is 2.93 bits per heavy atom. The summed E-state index contributed by atoms with van der Waals surface area (Å²) < 4.78 is 21.8. The summed E-state index contributed by atoms with van der Waals surface area (Å²) in [6.07, 6.45) is 2.11. The van der Waals surface area contributed by atoms with E-state index in [-0.39, 0.29) is 22.9 Å². The van der Waals surface area contributed by atoms with Crippen molar-refractivity contribution in [1.29, 1.82) is 0 Å². The average Bonchev–Trinajstić information content (AvgIpc) is 2.29. The number of methoxy groups -OCH3 is 1. The maximum atomic E-state index is 12.0.